The van der Waals surface area contributed by atoms with E-state index in [0.29, 0.717) is 33.7 Å². The van der Waals surface area contributed by atoms with Gasteiger partial charge in [-0.3, -0.25) is 10.1 Å². The molecule has 0 saturated carbocycles. The van der Waals surface area contributed by atoms with Crippen molar-refractivity contribution in [1.29, 1.82) is 0 Å². The van der Waals surface area contributed by atoms with E-state index in [4.69, 9.17) is 32.7 Å². The molecule has 1 aromatic heterocycles. The van der Waals surface area contributed by atoms with Crippen molar-refractivity contribution >= 4 is 29.2 Å². The molecule has 0 bridgehead atoms. The second-order valence-electron chi connectivity index (χ2n) is 4.33. The third-order valence-electron chi connectivity index (χ3n) is 2.81. The average Bonchev–Trinajstić information content (AvgIpc) is 2.87. The van der Waals surface area contributed by atoms with E-state index in [1.54, 1.807) is 37.3 Å². The van der Waals surface area contributed by atoms with Crippen molar-refractivity contribution in [3.63, 3.8) is 0 Å². The molecule has 0 aliphatic carbocycles. The molecular weight excluding hydrogens is 301 g/mol. The molecule has 106 valence electrons. The molecule has 0 saturated heterocycles. The van der Waals surface area contributed by atoms with Crippen LogP contribution in [0.15, 0.2) is 34.7 Å². The Labute approximate surface area is 126 Å². The Morgan fingerprint density at radius 2 is 2.10 bits per heavy atom. The molecule has 0 spiro atoms. The predicted molar refractivity (Wildman–Crippen MR) is 78.1 cm³/mol. The highest BCUT2D eigenvalue weighted by atomic mass is 35.5. The standard InChI is InChI=1S/C14H13Cl2NO3/c1-8(14(18)19)17-7-10-3-5-13(20-10)11-6-9(15)2-4-12(11)16/h2-6,8,17H,7H2,1H3,(H,18,19). The Balaban J connectivity index is 2.13. The van der Waals surface area contributed by atoms with E-state index in [-0.39, 0.29) is 0 Å². The van der Waals surface area contributed by atoms with Gasteiger partial charge in [-0.25, -0.2) is 0 Å². The summed E-state index contributed by atoms with van der Waals surface area (Å²) in [7, 11) is 0. The van der Waals surface area contributed by atoms with Gasteiger partial charge in [0.2, 0.25) is 0 Å². The molecule has 0 radical (unpaired) electrons. The lowest BCUT2D eigenvalue weighted by molar-refractivity contribution is -0.139. The monoisotopic (exact) mass is 313 g/mol. The third kappa shape index (κ3) is 3.54. The van der Waals surface area contributed by atoms with E-state index < -0.39 is 12.0 Å². The molecule has 1 aromatic carbocycles. The van der Waals surface area contributed by atoms with Crippen molar-refractivity contribution in [3.8, 4) is 11.3 Å². The molecule has 1 atom stereocenters. The van der Waals surface area contributed by atoms with Gasteiger partial charge in [0.25, 0.3) is 0 Å². The molecule has 0 aliphatic heterocycles. The minimum Gasteiger partial charge on any atom is -0.480 e. The minimum atomic E-state index is -0.908. The molecule has 2 aromatic rings. The van der Waals surface area contributed by atoms with Gasteiger partial charge in [0.15, 0.2) is 0 Å². The highest BCUT2D eigenvalue weighted by Crippen LogP contribution is 2.31. The van der Waals surface area contributed by atoms with Gasteiger partial charge in [-0.1, -0.05) is 23.2 Å². The summed E-state index contributed by atoms with van der Waals surface area (Å²) < 4.78 is 5.64. The lowest BCUT2D eigenvalue weighted by Crippen LogP contribution is -2.32. The molecule has 4 nitrogen and oxygen atoms in total. The first-order chi connectivity index (χ1) is 9.47. The average molecular weight is 314 g/mol. The van der Waals surface area contributed by atoms with Crippen LogP contribution in [0.5, 0.6) is 0 Å². The Kier molecular flexibility index (Phi) is 4.70. The number of carbonyl (C=O) groups is 1. The van der Waals surface area contributed by atoms with E-state index >= 15 is 0 Å². The van der Waals surface area contributed by atoms with Crippen LogP contribution in [0.2, 0.25) is 10.0 Å². The van der Waals surface area contributed by atoms with Crippen LogP contribution >= 0.6 is 23.2 Å². The third-order valence-corrected chi connectivity index (χ3v) is 3.37. The van der Waals surface area contributed by atoms with E-state index in [1.165, 1.54) is 0 Å². The number of halogens is 2. The normalized spacial score (nSPS) is 12.3. The Hall–Kier alpha value is -1.49. The quantitative estimate of drug-likeness (QED) is 0.881. The number of nitrogens with one attached hydrogen (secondary N) is 1. The Bertz CT molecular complexity index is 625. The number of benzene rings is 1. The minimum absolute atomic E-state index is 0.325. The summed E-state index contributed by atoms with van der Waals surface area (Å²) in [6, 6.07) is 8.03. The van der Waals surface area contributed by atoms with Gasteiger partial charge in [-0.15, -0.1) is 0 Å². The van der Waals surface area contributed by atoms with Crippen LogP contribution in [-0.2, 0) is 11.3 Å². The van der Waals surface area contributed by atoms with Crippen LogP contribution in [0.4, 0.5) is 0 Å². The Morgan fingerprint density at radius 1 is 1.35 bits per heavy atom. The number of carboxylic acids is 1. The van der Waals surface area contributed by atoms with Crippen LogP contribution in [0.1, 0.15) is 12.7 Å². The summed E-state index contributed by atoms with van der Waals surface area (Å²) in [5.74, 6) is 0.316. The molecule has 0 aliphatic rings. The first-order valence-corrected chi connectivity index (χ1v) is 6.73. The highest BCUT2D eigenvalue weighted by Gasteiger charge is 2.12. The smallest absolute Gasteiger partial charge is 0.320 e. The van der Waals surface area contributed by atoms with Gasteiger partial charge in [0, 0.05) is 10.6 Å². The molecule has 1 heterocycles. The fourth-order valence-electron chi connectivity index (χ4n) is 1.64. The van der Waals surface area contributed by atoms with Crippen molar-refractivity contribution in [2.24, 2.45) is 0 Å². The number of hydrogen-bond acceptors (Lipinski definition) is 3. The zero-order valence-corrected chi connectivity index (χ0v) is 12.2. The van der Waals surface area contributed by atoms with E-state index in [9.17, 15) is 4.79 Å². The maximum absolute atomic E-state index is 10.7. The van der Waals surface area contributed by atoms with Crippen molar-refractivity contribution in [3.05, 3.63) is 46.1 Å². The fourth-order valence-corrected chi connectivity index (χ4v) is 2.03. The second-order valence-corrected chi connectivity index (χ2v) is 5.17. The Morgan fingerprint density at radius 3 is 2.80 bits per heavy atom. The SMILES string of the molecule is CC(NCc1ccc(-c2cc(Cl)ccc2Cl)o1)C(=O)O. The topological polar surface area (TPSA) is 62.5 Å². The number of furan rings is 1. The molecule has 1 unspecified atom stereocenters. The summed E-state index contributed by atoms with van der Waals surface area (Å²) in [5.41, 5.74) is 0.705. The molecule has 2 rings (SSSR count). The van der Waals surface area contributed by atoms with Gasteiger partial charge >= 0.3 is 5.97 Å². The second kappa shape index (κ2) is 6.31. The summed E-state index contributed by atoms with van der Waals surface area (Å²) in [4.78, 5) is 10.7. The number of rotatable bonds is 5. The van der Waals surface area contributed by atoms with Crippen molar-refractivity contribution in [2.45, 2.75) is 19.5 Å². The van der Waals surface area contributed by atoms with E-state index in [0.717, 1.165) is 0 Å². The van der Waals surface area contributed by atoms with Gasteiger partial charge in [-0.2, -0.15) is 0 Å². The number of hydrogen-bond donors (Lipinski definition) is 2. The zero-order chi connectivity index (χ0) is 14.7. The van der Waals surface area contributed by atoms with Crippen LogP contribution in [0, 0.1) is 0 Å². The van der Waals surface area contributed by atoms with E-state index in [1.807, 2.05) is 0 Å². The first kappa shape index (κ1) is 14.9. The summed E-state index contributed by atoms with van der Waals surface area (Å²) in [5, 5.41) is 12.7. The molecule has 0 amide bonds. The molecular formula is C14H13Cl2NO3. The van der Waals surface area contributed by atoms with Crippen molar-refractivity contribution < 1.29 is 14.3 Å². The maximum Gasteiger partial charge on any atom is 0.320 e. The van der Waals surface area contributed by atoms with Crippen LogP contribution in [-0.4, -0.2) is 17.1 Å². The van der Waals surface area contributed by atoms with Crippen LogP contribution in [0.25, 0.3) is 11.3 Å². The lowest BCUT2D eigenvalue weighted by Gasteiger charge is -2.07. The zero-order valence-electron chi connectivity index (χ0n) is 10.7. The van der Waals surface area contributed by atoms with E-state index in [2.05, 4.69) is 5.32 Å². The fraction of sp³-hybridized carbons (Fsp3) is 0.214. The highest BCUT2D eigenvalue weighted by molar-refractivity contribution is 6.35. The first-order valence-electron chi connectivity index (χ1n) is 5.97. The van der Waals surface area contributed by atoms with Crippen molar-refractivity contribution in [1.82, 2.24) is 5.32 Å². The summed E-state index contributed by atoms with van der Waals surface area (Å²) in [6.07, 6.45) is 0. The van der Waals surface area contributed by atoms with Gasteiger partial charge < -0.3 is 9.52 Å². The van der Waals surface area contributed by atoms with Crippen LogP contribution < -0.4 is 5.32 Å². The maximum atomic E-state index is 10.7. The number of carboxylic acid groups (broad SMARTS) is 1. The number of aliphatic carboxylic acids is 1. The largest absolute Gasteiger partial charge is 0.480 e. The molecule has 20 heavy (non-hydrogen) atoms. The predicted octanol–water partition coefficient (Wildman–Crippen LogP) is 3.82. The van der Waals surface area contributed by atoms with Gasteiger partial charge in [0.05, 0.1) is 11.6 Å². The molecule has 0 fully saturated rings. The summed E-state index contributed by atoms with van der Waals surface area (Å²) >= 11 is 12.0. The van der Waals surface area contributed by atoms with Crippen molar-refractivity contribution in [2.75, 3.05) is 0 Å². The summed E-state index contributed by atoms with van der Waals surface area (Å²) in [6.45, 7) is 1.89. The van der Waals surface area contributed by atoms with Gasteiger partial charge in [-0.05, 0) is 37.3 Å². The van der Waals surface area contributed by atoms with Gasteiger partial charge in [0.1, 0.15) is 17.6 Å². The van der Waals surface area contributed by atoms with Crippen LogP contribution in [0.3, 0.4) is 0 Å². The molecule has 6 heteroatoms. The molecule has 2 N–H and O–H groups in total. The lowest BCUT2D eigenvalue weighted by atomic mass is 10.2.